The molecule has 0 aliphatic carbocycles. The summed E-state index contributed by atoms with van der Waals surface area (Å²) in [5, 5.41) is 10.3. The van der Waals surface area contributed by atoms with Crippen molar-refractivity contribution in [3.05, 3.63) is 77.1 Å². The highest BCUT2D eigenvalue weighted by atomic mass is 16.2. The summed E-state index contributed by atoms with van der Waals surface area (Å²) in [7, 11) is 0. The maximum atomic E-state index is 12.7. The van der Waals surface area contributed by atoms with Crippen LogP contribution in [0.4, 0.5) is 5.69 Å². The summed E-state index contributed by atoms with van der Waals surface area (Å²) in [5.74, 6) is -0.223. The number of hydrogen-bond acceptors (Lipinski definition) is 3. The van der Waals surface area contributed by atoms with E-state index in [1.165, 1.54) is 6.92 Å². The van der Waals surface area contributed by atoms with Gasteiger partial charge in [0, 0.05) is 24.7 Å². The Labute approximate surface area is 164 Å². The SMILES string of the molecule is CC(=O)NCCc1ccc(C(=O)Nc2ccccc2-n2nc(C)cc2C)cc1. The van der Waals surface area contributed by atoms with E-state index in [1.807, 2.05) is 61.0 Å². The molecule has 1 heterocycles. The van der Waals surface area contributed by atoms with Gasteiger partial charge in [-0.2, -0.15) is 5.10 Å². The zero-order valence-electron chi connectivity index (χ0n) is 16.3. The molecule has 0 unspecified atom stereocenters. The lowest BCUT2D eigenvalue weighted by Gasteiger charge is -2.13. The second kappa shape index (κ2) is 8.52. The van der Waals surface area contributed by atoms with Gasteiger partial charge < -0.3 is 10.6 Å². The lowest BCUT2D eigenvalue weighted by Crippen LogP contribution is -2.22. The quantitative estimate of drug-likeness (QED) is 0.692. The molecule has 0 aliphatic rings. The highest BCUT2D eigenvalue weighted by Gasteiger charge is 2.12. The van der Waals surface area contributed by atoms with Gasteiger partial charge in [-0.25, -0.2) is 4.68 Å². The van der Waals surface area contributed by atoms with Crippen molar-refractivity contribution in [2.45, 2.75) is 27.2 Å². The number of anilines is 1. The van der Waals surface area contributed by atoms with Crippen LogP contribution in [0.25, 0.3) is 5.69 Å². The van der Waals surface area contributed by atoms with Gasteiger partial charge >= 0.3 is 0 Å². The molecule has 1 aromatic heterocycles. The minimum Gasteiger partial charge on any atom is -0.356 e. The number of para-hydroxylation sites is 2. The Bertz CT molecular complexity index is 990. The molecule has 6 nitrogen and oxygen atoms in total. The molecule has 144 valence electrons. The van der Waals surface area contributed by atoms with Crippen molar-refractivity contribution < 1.29 is 9.59 Å². The Morgan fingerprint density at radius 1 is 1.04 bits per heavy atom. The lowest BCUT2D eigenvalue weighted by molar-refractivity contribution is -0.118. The number of benzene rings is 2. The van der Waals surface area contributed by atoms with E-state index in [4.69, 9.17) is 0 Å². The van der Waals surface area contributed by atoms with Crippen LogP contribution in [0.1, 0.15) is 34.2 Å². The van der Waals surface area contributed by atoms with E-state index in [0.29, 0.717) is 17.8 Å². The summed E-state index contributed by atoms with van der Waals surface area (Å²) in [6.07, 6.45) is 0.724. The normalized spacial score (nSPS) is 10.5. The molecule has 28 heavy (non-hydrogen) atoms. The number of hydrogen-bond donors (Lipinski definition) is 2. The third kappa shape index (κ3) is 4.65. The average Bonchev–Trinajstić information content (AvgIpc) is 3.00. The molecule has 0 fully saturated rings. The number of aryl methyl sites for hydroxylation is 2. The summed E-state index contributed by atoms with van der Waals surface area (Å²) in [6.45, 7) is 6.00. The fourth-order valence-electron chi connectivity index (χ4n) is 3.04. The second-order valence-electron chi connectivity index (χ2n) is 6.74. The van der Waals surface area contributed by atoms with E-state index in [1.54, 1.807) is 12.1 Å². The van der Waals surface area contributed by atoms with Crippen molar-refractivity contribution in [2.75, 3.05) is 11.9 Å². The molecular formula is C22H24N4O2. The minimum atomic E-state index is -0.178. The molecule has 3 rings (SSSR count). The minimum absolute atomic E-state index is 0.0442. The van der Waals surface area contributed by atoms with E-state index >= 15 is 0 Å². The van der Waals surface area contributed by atoms with Gasteiger partial charge in [-0.1, -0.05) is 24.3 Å². The monoisotopic (exact) mass is 376 g/mol. The predicted molar refractivity (Wildman–Crippen MR) is 110 cm³/mol. The zero-order chi connectivity index (χ0) is 20.1. The van der Waals surface area contributed by atoms with Crippen LogP contribution in [0, 0.1) is 13.8 Å². The number of carbonyl (C=O) groups excluding carboxylic acids is 2. The van der Waals surface area contributed by atoms with Gasteiger partial charge in [-0.15, -0.1) is 0 Å². The first kappa shape index (κ1) is 19.4. The predicted octanol–water partition coefficient (Wildman–Crippen LogP) is 3.42. The smallest absolute Gasteiger partial charge is 0.255 e. The maximum absolute atomic E-state index is 12.7. The zero-order valence-corrected chi connectivity index (χ0v) is 16.3. The van der Waals surface area contributed by atoms with Gasteiger partial charge in [0.05, 0.1) is 17.1 Å². The standard InChI is InChI=1S/C22H24N4O2/c1-15-14-16(2)26(25-15)21-7-5-4-6-20(21)24-22(28)19-10-8-18(9-11-19)12-13-23-17(3)27/h4-11,14H,12-13H2,1-3H3,(H,23,27)(H,24,28). The van der Waals surface area contributed by atoms with Gasteiger partial charge in [0.2, 0.25) is 5.91 Å². The Morgan fingerprint density at radius 2 is 1.75 bits per heavy atom. The molecule has 2 aromatic carbocycles. The van der Waals surface area contributed by atoms with Gasteiger partial charge in [0.1, 0.15) is 0 Å². The maximum Gasteiger partial charge on any atom is 0.255 e. The molecular weight excluding hydrogens is 352 g/mol. The van der Waals surface area contributed by atoms with E-state index in [-0.39, 0.29) is 11.8 Å². The third-order valence-electron chi connectivity index (χ3n) is 4.39. The largest absolute Gasteiger partial charge is 0.356 e. The summed E-state index contributed by atoms with van der Waals surface area (Å²) in [5.41, 5.74) is 5.10. The molecule has 0 aliphatic heterocycles. The van der Waals surface area contributed by atoms with Gasteiger partial charge in [-0.3, -0.25) is 9.59 Å². The Balaban J connectivity index is 1.73. The summed E-state index contributed by atoms with van der Waals surface area (Å²) in [6, 6.07) is 17.0. The Morgan fingerprint density at radius 3 is 2.39 bits per heavy atom. The van der Waals surface area contributed by atoms with Gasteiger partial charge in [-0.05, 0) is 56.2 Å². The van der Waals surface area contributed by atoms with Crippen LogP contribution in [0.15, 0.2) is 54.6 Å². The molecule has 2 amide bonds. The molecule has 3 aromatic rings. The molecule has 0 radical (unpaired) electrons. The second-order valence-corrected chi connectivity index (χ2v) is 6.74. The van der Waals surface area contributed by atoms with Crippen LogP contribution < -0.4 is 10.6 Å². The van der Waals surface area contributed by atoms with Crippen LogP contribution in [0.3, 0.4) is 0 Å². The van der Waals surface area contributed by atoms with Crippen molar-refractivity contribution in [1.29, 1.82) is 0 Å². The highest BCUT2D eigenvalue weighted by Crippen LogP contribution is 2.22. The average molecular weight is 376 g/mol. The van der Waals surface area contributed by atoms with E-state index < -0.39 is 0 Å². The first-order chi connectivity index (χ1) is 13.4. The number of aromatic nitrogens is 2. The molecule has 2 N–H and O–H groups in total. The topological polar surface area (TPSA) is 76.0 Å². The van der Waals surface area contributed by atoms with Gasteiger partial charge in [0.15, 0.2) is 0 Å². The van der Waals surface area contributed by atoms with Crippen molar-refractivity contribution in [1.82, 2.24) is 15.1 Å². The van der Waals surface area contributed by atoms with Crippen molar-refractivity contribution >= 4 is 17.5 Å². The molecule has 0 saturated heterocycles. The van der Waals surface area contributed by atoms with Crippen LogP contribution in [0.2, 0.25) is 0 Å². The van der Waals surface area contributed by atoms with Gasteiger partial charge in [0.25, 0.3) is 5.91 Å². The van der Waals surface area contributed by atoms with Crippen molar-refractivity contribution in [2.24, 2.45) is 0 Å². The summed E-state index contributed by atoms with van der Waals surface area (Å²) < 4.78 is 1.83. The van der Waals surface area contributed by atoms with Crippen LogP contribution >= 0.6 is 0 Å². The molecule has 0 bridgehead atoms. The molecule has 6 heteroatoms. The number of nitrogens with zero attached hydrogens (tertiary/aromatic N) is 2. The van der Waals surface area contributed by atoms with E-state index in [2.05, 4.69) is 15.7 Å². The summed E-state index contributed by atoms with van der Waals surface area (Å²) >= 11 is 0. The number of carbonyl (C=O) groups is 2. The summed E-state index contributed by atoms with van der Waals surface area (Å²) in [4.78, 5) is 23.6. The van der Waals surface area contributed by atoms with Crippen molar-refractivity contribution in [3.8, 4) is 5.69 Å². The van der Waals surface area contributed by atoms with Crippen LogP contribution in [-0.4, -0.2) is 28.1 Å². The lowest BCUT2D eigenvalue weighted by atomic mass is 10.1. The fraction of sp³-hybridized carbons (Fsp3) is 0.227. The first-order valence-electron chi connectivity index (χ1n) is 9.21. The number of nitrogens with one attached hydrogen (secondary N) is 2. The highest BCUT2D eigenvalue weighted by molar-refractivity contribution is 6.05. The number of amides is 2. The van der Waals surface area contributed by atoms with E-state index in [9.17, 15) is 9.59 Å². The van der Waals surface area contributed by atoms with Crippen LogP contribution in [-0.2, 0) is 11.2 Å². The van der Waals surface area contributed by atoms with E-state index in [0.717, 1.165) is 29.1 Å². The van der Waals surface area contributed by atoms with Crippen molar-refractivity contribution in [3.63, 3.8) is 0 Å². The Kier molecular flexibility index (Phi) is 5.89. The first-order valence-corrected chi connectivity index (χ1v) is 9.21. The molecule has 0 atom stereocenters. The number of rotatable bonds is 6. The third-order valence-corrected chi connectivity index (χ3v) is 4.39. The molecule has 0 saturated carbocycles. The van der Waals surface area contributed by atoms with Crippen LogP contribution in [0.5, 0.6) is 0 Å². The molecule has 0 spiro atoms. The fourth-order valence-corrected chi connectivity index (χ4v) is 3.04. The Hall–Kier alpha value is -3.41.